The summed E-state index contributed by atoms with van der Waals surface area (Å²) in [6.45, 7) is 4.47. The Morgan fingerprint density at radius 1 is 1.46 bits per heavy atom. The van der Waals surface area contributed by atoms with Gasteiger partial charge in [0.1, 0.15) is 0 Å². The first kappa shape index (κ1) is 9.44. The molecule has 0 aromatic rings. The molecule has 2 fully saturated rings. The lowest BCUT2D eigenvalue weighted by Crippen LogP contribution is -2.41. The van der Waals surface area contributed by atoms with E-state index < -0.39 is 0 Å². The van der Waals surface area contributed by atoms with Gasteiger partial charge in [0.05, 0.1) is 25.4 Å². The van der Waals surface area contributed by atoms with Gasteiger partial charge in [0.15, 0.2) is 0 Å². The zero-order valence-electron chi connectivity index (χ0n) is 8.20. The summed E-state index contributed by atoms with van der Waals surface area (Å²) in [6.07, 6.45) is 2.49. The van der Waals surface area contributed by atoms with Crippen molar-refractivity contribution < 1.29 is 9.84 Å². The summed E-state index contributed by atoms with van der Waals surface area (Å²) in [5.41, 5.74) is 0. The SMILES string of the molecule is CC(CNC1COCC1O)C1CC1. The molecule has 0 aromatic heterocycles. The van der Waals surface area contributed by atoms with Crippen LogP contribution in [0.3, 0.4) is 0 Å². The van der Waals surface area contributed by atoms with Crippen LogP contribution in [0.1, 0.15) is 19.8 Å². The van der Waals surface area contributed by atoms with Crippen LogP contribution in [0.2, 0.25) is 0 Å². The summed E-state index contributed by atoms with van der Waals surface area (Å²) >= 11 is 0. The van der Waals surface area contributed by atoms with E-state index in [0.717, 1.165) is 18.4 Å². The van der Waals surface area contributed by atoms with E-state index in [4.69, 9.17) is 4.74 Å². The highest BCUT2D eigenvalue weighted by Gasteiger charge is 2.30. The van der Waals surface area contributed by atoms with Crippen LogP contribution in [0.5, 0.6) is 0 Å². The molecule has 2 N–H and O–H groups in total. The van der Waals surface area contributed by atoms with E-state index in [1.165, 1.54) is 12.8 Å². The molecule has 0 radical (unpaired) electrons. The molecule has 2 aliphatic rings. The largest absolute Gasteiger partial charge is 0.389 e. The second-order valence-electron chi connectivity index (χ2n) is 4.43. The average molecular weight is 185 g/mol. The second-order valence-corrected chi connectivity index (χ2v) is 4.43. The molecular formula is C10H19NO2. The van der Waals surface area contributed by atoms with Gasteiger partial charge in [0.2, 0.25) is 0 Å². The fourth-order valence-electron chi connectivity index (χ4n) is 1.91. The highest BCUT2D eigenvalue weighted by Crippen LogP contribution is 2.36. The molecule has 76 valence electrons. The number of ether oxygens (including phenoxy) is 1. The summed E-state index contributed by atoms with van der Waals surface area (Å²) in [5.74, 6) is 1.69. The highest BCUT2D eigenvalue weighted by atomic mass is 16.5. The van der Waals surface area contributed by atoms with Crippen molar-refractivity contribution in [3.63, 3.8) is 0 Å². The van der Waals surface area contributed by atoms with E-state index in [0.29, 0.717) is 13.2 Å². The Labute approximate surface area is 79.5 Å². The first-order valence-electron chi connectivity index (χ1n) is 5.26. The molecule has 1 aliphatic heterocycles. The van der Waals surface area contributed by atoms with Crippen LogP contribution >= 0.6 is 0 Å². The van der Waals surface area contributed by atoms with E-state index in [2.05, 4.69) is 12.2 Å². The van der Waals surface area contributed by atoms with Crippen LogP contribution in [0.15, 0.2) is 0 Å². The molecule has 3 atom stereocenters. The Bertz CT molecular complexity index is 170. The van der Waals surface area contributed by atoms with E-state index in [1.54, 1.807) is 0 Å². The van der Waals surface area contributed by atoms with Crippen molar-refractivity contribution in [2.45, 2.75) is 31.9 Å². The Hall–Kier alpha value is -0.120. The zero-order chi connectivity index (χ0) is 9.26. The number of hydrogen-bond donors (Lipinski definition) is 2. The summed E-state index contributed by atoms with van der Waals surface area (Å²) in [7, 11) is 0. The van der Waals surface area contributed by atoms with Crippen LogP contribution in [-0.4, -0.2) is 37.0 Å². The fraction of sp³-hybridized carbons (Fsp3) is 1.00. The molecule has 3 unspecified atom stereocenters. The van der Waals surface area contributed by atoms with Crippen molar-refractivity contribution in [1.29, 1.82) is 0 Å². The normalized spacial score (nSPS) is 36.5. The quantitative estimate of drug-likeness (QED) is 0.665. The summed E-state index contributed by atoms with van der Waals surface area (Å²) in [5, 5.41) is 12.8. The van der Waals surface area contributed by atoms with Gasteiger partial charge in [-0.15, -0.1) is 0 Å². The van der Waals surface area contributed by atoms with Gasteiger partial charge in [0, 0.05) is 0 Å². The van der Waals surface area contributed by atoms with Gasteiger partial charge in [-0.05, 0) is 31.2 Å². The molecule has 0 amide bonds. The number of nitrogens with one attached hydrogen (secondary N) is 1. The molecule has 0 aromatic carbocycles. The minimum absolute atomic E-state index is 0.168. The molecule has 1 saturated carbocycles. The molecule has 1 aliphatic carbocycles. The Morgan fingerprint density at radius 3 is 2.77 bits per heavy atom. The summed E-state index contributed by atoms with van der Waals surface area (Å²) in [6, 6.07) is 0.168. The minimum Gasteiger partial charge on any atom is -0.389 e. The molecule has 3 heteroatoms. The molecule has 1 saturated heterocycles. The van der Waals surface area contributed by atoms with Crippen molar-refractivity contribution in [1.82, 2.24) is 5.32 Å². The lowest BCUT2D eigenvalue weighted by molar-refractivity contribution is 0.122. The van der Waals surface area contributed by atoms with Gasteiger partial charge >= 0.3 is 0 Å². The maximum absolute atomic E-state index is 9.47. The number of rotatable bonds is 4. The van der Waals surface area contributed by atoms with Crippen LogP contribution in [0.25, 0.3) is 0 Å². The highest BCUT2D eigenvalue weighted by molar-refractivity contribution is 4.84. The van der Waals surface area contributed by atoms with Gasteiger partial charge in [-0.2, -0.15) is 0 Å². The lowest BCUT2D eigenvalue weighted by Gasteiger charge is -2.17. The molecule has 0 bridgehead atoms. The third-order valence-electron chi connectivity index (χ3n) is 3.18. The fourth-order valence-corrected chi connectivity index (χ4v) is 1.91. The van der Waals surface area contributed by atoms with Crippen LogP contribution in [0, 0.1) is 11.8 Å². The Morgan fingerprint density at radius 2 is 2.23 bits per heavy atom. The van der Waals surface area contributed by atoms with Crippen LogP contribution in [0.4, 0.5) is 0 Å². The number of aliphatic hydroxyl groups is 1. The van der Waals surface area contributed by atoms with Crippen molar-refractivity contribution >= 4 is 0 Å². The maximum Gasteiger partial charge on any atom is 0.0948 e. The van der Waals surface area contributed by atoms with Crippen molar-refractivity contribution in [3.8, 4) is 0 Å². The van der Waals surface area contributed by atoms with Gasteiger partial charge in [0.25, 0.3) is 0 Å². The van der Waals surface area contributed by atoms with E-state index >= 15 is 0 Å². The van der Waals surface area contributed by atoms with Gasteiger partial charge in [-0.25, -0.2) is 0 Å². The lowest BCUT2D eigenvalue weighted by atomic mass is 10.1. The van der Waals surface area contributed by atoms with E-state index in [9.17, 15) is 5.11 Å². The first-order chi connectivity index (χ1) is 6.27. The smallest absolute Gasteiger partial charge is 0.0948 e. The topological polar surface area (TPSA) is 41.5 Å². The van der Waals surface area contributed by atoms with Crippen LogP contribution in [-0.2, 0) is 4.74 Å². The Kier molecular flexibility index (Phi) is 2.86. The summed E-state index contributed by atoms with van der Waals surface area (Å²) < 4.78 is 5.17. The van der Waals surface area contributed by atoms with Gasteiger partial charge < -0.3 is 15.2 Å². The molecular weight excluding hydrogens is 166 g/mol. The monoisotopic (exact) mass is 185 g/mol. The molecule has 2 rings (SSSR count). The van der Waals surface area contributed by atoms with E-state index in [1.807, 2.05) is 0 Å². The molecule has 3 nitrogen and oxygen atoms in total. The third-order valence-corrected chi connectivity index (χ3v) is 3.18. The third kappa shape index (κ3) is 2.42. The molecule has 1 heterocycles. The van der Waals surface area contributed by atoms with Crippen molar-refractivity contribution in [2.75, 3.05) is 19.8 Å². The minimum atomic E-state index is -0.300. The van der Waals surface area contributed by atoms with Crippen LogP contribution < -0.4 is 5.32 Å². The predicted molar refractivity (Wildman–Crippen MR) is 50.5 cm³/mol. The maximum atomic E-state index is 9.47. The van der Waals surface area contributed by atoms with Crippen molar-refractivity contribution in [2.24, 2.45) is 11.8 Å². The number of hydrogen-bond acceptors (Lipinski definition) is 3. The molecule has 13 heavy (non-hydrogen) atoms. The first-order valence-corrected chi connectivity index (χ1v) is 5.26. The van der Waals surface area contributed by atoms with Crippen molar-refractivity contribution in [3.05, 3.63) is 0 Å². The number of aliphatic hydroxyl groups excluding tert-OH is 1. The van der Waals surface area contributed by atoms with Gasteiger partial charge in [-0.3, -0.25) is 0 Å². The van der Waals surface area contributed by atoms with Gasteiger partial charge in [-0.1, -0.05) is 6.92 Å². The summed E-state index contributed by atoms with van der Waals surface area (Å²) in [4.78, 5) is 0. The van der Waals surface area contributed by atoms with E-state index in [-0.39, 0.29) is 12.1 Å². The predicted octanol–water partition coefficient (Wildman–Crippen LogP) is 0.382. The average Bonchev–Trinajstić information content (AvgIpc) is 2.88. The standard InChI is InChI=1S/C10H19NO2/c1-7(8-2-3-8)4-11-9-5-13-6-10(9)12/h7-12H,2-6H2,1H3. The Balaban J connectivity index is 1.66. The second kappa shape index (κ2) is 3.95. The molecule has 0 spiro atoms. The zero-order valence-corrected chi connectivity index (χ0v) is 8.20.